The van der Waals surface area contributed by atoms with E-state index in [1.54, 1.807) is 61.7 Å². The van der Waals surface area contributed by atoms with Gasteiger partial charge in [0.1, 0.15) is 11.9 Å². The lowest BCUT2D eigenvalue weighted by Crippen LogP contribution is -2.26. The average molecular weight is 379 g/mol. The van der Waals surface area contributed by atoms with Crippen molar-refractivity contribution in [3.63, 3.8) is 0 Å². The van der Waals surface area contributed by atoms with Crippen molar-refractivity contribution in [3.05, 3.63) is 88.6 Å². The van der Waals surface area contributed by atoms with Gasteiger partial charge in [-0.25, -0.2) is 0 Å². The number of anilines is 1. The monoisotopic (exact) mass is 379 g/mol. The Morgan fingerprint density at radius 2 is 1.79 bits per heavy atom. The standard InChI is InChI=1S/C20H17N3O5/c1-27-16-11-9-15(10-12-16)22-20(24)18(14-6-3-2-4-7-14)28-17-8-5-13-21-19(17)23(25)26/h2-13,18H,1H3,(H,22,24)/t18-/m1/s1. The summed E-state index contributed by atoms with van der Waals surface area (Å²) in [5.74, 6) is -0.374. The summed E-state index contributed by atoms with van der Waals surface area (Å²) in [5.41, 5.74) is 1.09. The van der Waals surface area contributed by atoms with E-state index >= 15 is 0 Å². The number of rotatable bonds is 7. The van der Waals surface area contributed by atoms with Gasteiger partial charge in [0.05, 0.1) is 7.11 Å². The van der Waals surface area contributed by atoms with E-state index in [2.05, 4.69) is 10.3 Å². The van der Waals surface area contributed by atoms with Crippen molar-refractivity contribution < 1.29 is 19.2 Å². The first-order valence-corrected chi connectivity index (χ1v) is 8.34. The third kappa shape index (κ3) is 4.42. The highest BCUT2D eigenvalue weighted by molar-refractivity contribution is 5.95. The molecule has 0 spiro atoms. The molecule has 0 saturated heterocycles. The van der Waals surface area contributed by atoms with Crippen LogP contribution in [0.1, 0.15) is 11.7 Å². The summed E-state index contributed by atoms with van der Waals surface area (Å²) >= 11 is 0. The molecule has 1 heterocycles. The van der Waals surface area contributed by atoms with Crippen molar-refractivity contribution in [3.8, 4) is 11.5 Å². The van der Waals surface area contributed by atoms with Gasteiger partial charge >= 0.3 is 5.82 Å². The van der Waals surface area contributed by atoms with Crippen molar-refractivity contribution in [2.75, 3.05) is 12.4 Å². The number of benzene rings is 2. The quantitative estimate of drug-likeness (QED) is 0.495. The van der Waals surface area contributed by atoms with E-state index in [1.807, 2.05) is 0 Å². The molecule has 0 radical (unpaired) electrons. The lowest BCUT2D eigenvalue weighted by Gasteiger charge is -2.19. The number of nitro groups is 1. The van der Waals surface area contributed by atoms with Crippen molar-refractivity contribution in [1.29, 1.82) is 0 Å². The highest BCUT2D eigenvalue weighted by Crippen LogP contribution is 2.29. The molecule has 0 aliphatic heterocycles. The van der Waals surface area contributed by atoms with Crippen LogP contribution in [0.4, 0.5) is 11.5 Å². The topological polar surface area (TPSA) is 104 Å². The Bertz CT molecular complexity index is 961. The lowest BCUT2D eigenvalue weighted by molar-refractivity contribution is -0.390. The third-order valence-corrected chi connectivity index (χ3v) is 3.87. The molecule has 1 atom stereocenters. The van der Waals surface area contributed by atoms with Gasteiger partial charge < -0.3 is 24.9 Å². The van der Waals surface area contributed by atoms with Crippen molar-refractivity contribution in [1.82, 2.24) is 4.98 Å². The molecule has 1 aromatic heterocycles. The molecule has 142 valence electrons. The molecular formula is C20H17N3O5. The minimum absolute atomic E-state index is 0.0915. The van der Waals surface area contributed by atoms with Gasteiger partial charge in [0.25, 0.3) is 5.91 Å². The minimum Gasteiger partial charge on any atom is -0.497 e. The zero-order chi connectivity index (χ0) is 19.9. The Morgan fingerprint density at radius 1 is 1.07 bits per heavy atom. The number of nitrogens with zero attached hydrogens (tertiary/aromatic N) is 2. The molecular weight excluding hydrogens is 362 g/mol. The summed E-state index contributed by atoms with van der Waals surface area (Å²) in [6.07, 6.45) is 0.186. The van der Waals surface area contributed by atoms with E-state index < -0.39 is 22.8 Å². The van der Waals surface area contributed by atoms with E-state index in [9.17, 15) is 14.9 Å². The fourth-order valence-electron chi connectivity index (χ4n) is 2.52. The molecule has 1 amide bonds. The molecule has 1 N–H and O–H groups in total. The first-order chi connectivity index (χ1) is 13.6. The van der Waals surface area contributed by atoms with Gasteiger partial charge in [0, 0.05) is 11.3 Å². The summed E-state index contributed by atoms with van der Waals surface area (Å²) in [6, 6.07) is 18.4. The number of carbonyl (C=O) groups is 1. The maximum absolute atomic E-state index is 12.9. The number of carbonyl (C=O) groups excluding carboxylic acids is 1. The Hall–Kier alpha value is -3.94. The lowest BCUT2D eigenvalue weighted by atomic mass is 10.1. The van der Waals surface area contributed by atoms with Crippen molar-refractivity contribution in [2.24, 2.45) is 0 Å². The Labute approximate surface area is 160 Å². The molecule has 0 aliphatic carbocycles. The minimum atomic E-state index is -1.11. The number of amides is 1. The van der Waals surface area contributed by atoms with Crippen LogP contribution in [0, 0.1) is 10.1 Å². The van der Waals surface area contributed by atoms with Crippen LogP contribution >= 0.6 is 0 Å². The van der Waals surface area contributed by atoms with Gasteiger partial charge in [0.15, 0.2) is 0 Å². The second-order valence-corrected chi connectivity index (χ2v) is 5.71. The summed E-state index contributed by atoms with van der Waals surface area (Å²) < 4.78 is 10.8. The second-order valence-electron chi connectivity index (χ2n) is 5.71. The second kappa shape index (κ2) is 8.63. The van der Waals surface area contributed by atoms with Crippen LogP contribution in [0.3, 0.4) is 0 Å². The first kappa shape index (κ1) is 18.8. The fourth-order valence-corrected chi connectivity index (χ4v) is 2.52. The average Bonchev–Trinajstić information content (AvgIpc) is 2.73. The largest absolute Gasteiger partial charge is 0.497 e. The number of hydrogen-bond donors (Lipinski definition) is 1. The summed E-state index contributed by atoms with van der Waals surface area (Å²) in [7, 11) is 1.55. The maximum atomic E-state index is 12.9. The number of nitrogens with one attached hydrogen (secondary N) is 1. The molecule has 8 nitrogen and oxygen atoms in total. The summed E-state index contributed by atoms with van der Waals surface area (Å²) in [4.78, 5) is 27.2. The number of methoxy groups -OCH3 is 1. The predicted octanol–water partition coefficient (Wildman–Crippen LogP) is 3.76. The van der Waals surface area contributed by atoms with Crippen LogP contribution < -0.4 is 14.8 Å². The molecule has 0 bridgehead atoms. The van der Waals surface area contributed by atoms with Crippen LogP contribution in [0.2, 0.25) is 0 Å². The molecule has 0 fully saturated rings. The number of pyridine rings is 1. The molecule has 8 heteroatoms. The van der Waals surface area contributed by atoms with Crippen molar-refractivity contribution >= 4 is 17.4 Å². The molecule has 2 aromatic carbocycles. The molecule has 0 aliphatic rings. The maximum Gasteiger partial charge on any atom is 0.406 e. The van der Waals surface area contributed by atoms with Gasteiger partial charge in [-0.1, -0.05) is 30.3 Å². The van der Waals surface area contributed by atoms with Gasteiger partial charge in [-0.15, -0.1) is 0 Å². The van der Waals surface area contributed by atoms with E-state index in [1.165, 1.54) is 18.3 Å². The summed E-state index contributed by atoms with van der Waals surface area (Å²) in [6.45, 7) is 0. The van der Waals surface area contributed by atoms with Crippen LogP contribution in [0.5, 0.6) is 11.5 Å². The molecule has 0 unspecified atom stereocenters. The first-order valence-electron chi connectivity index (χ1n) is 8.34. The number of hydrogen-bond acceptors (Lipinski definition) is 6. The van der Waals surface area contributed by atoms with Crippen LogP contribution in [-0.2, 0) is 4.79 Å². The zero-order valence-corrected chi connectivity index (χ0v) is 14.9. The number of ether oxygens (including phenoxy) is 2. The summed E-state index contributed by atoms with van der Waals surface area (Å²) in [5, 5.41) is 14.0. The van der Waals surface area contributed by atoms with Gasteiger partial charge in [-0.3, -0.25) is 4.79 Å². The van der Waals surface area contributed by atoms with E-state index in [0.29, 0.717) is 17.0 Å². The van der Waals surface area contributed by atoms with Crippen LogP contribution in [0.25, 0.3) is 0 Å². The predicted molar refractivity (Wildman–Crippen MR) is 102 cm³/mol. The van der Waals surface area contributed by atoms with Crippen molar-refractivity contribution in [2.45, 2.75) is 6.10 Å². The number of aromatic nitrogens is 1. The Kier molecular flexibility index (Phi) is 5.81. The Balaban J connectivity index is 1.89. The normalized spacial score (nSPS) is 11.3. The zero-order valence-electron chi connectivity index (χ0n) is 14.9. The highest BCUT2D eigenvalue weighted by atomic mass is 16.6. The van der Waals surface area contributed by atoms with E-state index in [4.69, 9.17) is 9.47 Å². The molecule has 28 heavy (non-hydrogen) atoms. The fraction of sp³-hybridized carbons (Fsp3) is 0.100. The van der Waals surface area contributed by atoms with Gasteiger partial charge in [-0.05, 0) is 46.3 Å². The van der Waals surface area contributed by atoms with Crippen LogP contribution in [-0.4, -0.2) is 22.9 Å². The molecule has 3 aromatic rings. The van der Waals surface area contributed by atoms with Gasteiger partial charge in [0.2, 0.25) is 11.9 Å². The van der Waals surface area contributed by atoms with Crippen LogP contribution in [0.15, 0.2) is 72.9 Å². The van der Waals surface area contributed by atoms with Gasteiger partial charge in [-0.2, -0.15) is 0 Å². The van der Waals surface area contributed by atoms with E-state index in [-0.39, 0.29) is 5.75 Å². The molecule has 0 saturated carbocycles. The Morgan fingerprint density at radius 3 is 2.43 bits per heavy atom. The SMILES string of the molecule is COc1ccc(NC(=O)[C@H](Oc2cccnc2[N+](=O)[O-])c2ccccc2)cc1. The third-order valence-electron chi connectivity index (χ3n) is 3.87. The smallest absolute Gasteiger partial charge is 0.406 e. The van der Waals surface area contributed by atoms with E-state index in [0.717, 1.165) is 0 Å². The molecule has 3 rings (SSSR count). The highest BCUT2D eigenvalue weighted by Gasteiger charge is 2.27.